The molecule has 2 aromatic carbocycles. The predicted octanol–water partition coefficient (Wildman–Crippen LogP) is 7.06. The molecule has 1 amide bonds. The third-order valence-corrected chi connectivity index (χ3v) is 8.33. The molecule has 6 nitrogen and oxygen atoms in total. The average Bonchev–Trinajstić information content (AvgIpc) is 3.44. The van der Waals surface area contributed by atoms with Crippen LogP contribution in [0.5, 0.6) is 0 Å². The monoisotopic (exact) mass is 638 g/mol. The molecule has 2 atom stereocenters. The number of Topliss-reactive ketones (excluding diaryl/α,β-unsaturated/α-hetero) is 1. The minimum Gasteiger partial charge on any atom is -0.352 e. The van der Waals surface area contributed by atoms with Gasteiger partial charge in [-0.2, -0.15) is 26.3 Å². The largest absolute Gasteiger partial charge is 0.416 e. The normalized spacial score (nSPS) is 16.6. The molecule has 0 radical (unpaired) electrons. The van der Waals surface area contributed by atoms with E-state index in [2.05, 4.69) is 4.98 Å². The van der Waals surface area contributed by atoms with E-state index in [9.17, 15) is 40.3 Å². The zero-order chi connectivity index (χ0) is 33.6. The first-order chi connectivity index (χ1) is 20.7. The summed E-state index contributed by atoms with van der Waals surface area (Å²) in [5.41, 5.74) is 2.37. The second-order valence-electron chi connectivity index (χ2n) is 11.8. The van der Waals surface area contributed by atoms with Crippen LogP contribution in [0, 0.1) is 12.7 Å². The summed E-state index contributed by atoms with van der Waals surface area (Å²) in [4.78, 5) is 33.6. The van der Waals surface area contributed by atoms with Crippen LogP contribution in [0.1, 0.15) is 55.9 Å². The first-order valence-corrected chi connectivity index (χ1v) is 14.1. The molecule has 0 aliphatic carbocycles. The number of aromatic nitrogens is 1. The summed E-state index contributed by atoms with van der Waals surface area (Å²) in [5.74, 6) is -1.09. The summed E-state index contributed by atoms with van der Waals surface area (Å²) in [6.45, 7) is 6.07. The maximum atomic E-state index is 14.1. The van der Waals surface area contributed by atoms with Gasteiger partial charge in [0.05, 0.1) is 40.5 Å². The van der Waals surface area contributed by atoms with Gasteiger partial charge in [0.25, 0.3) is 0 Å². The Morgan fingerprint density at radius 1 is 0.956 bits per heavy atom. The highest BCUT2D eigenvalue weighted by molar-refractivity contribution is 6.03. The summed E-state index contributed by atoms with van der Waals surface area (Å²) >= 11 is 0. The lowest BCUT2D eigenvalue weighted by molar-refractivity contribution is -0.143. The third-order valence-electron chi connectivity index (χ3n) is 8.33. The molecule has 2 unspecified atom stereocenters. The number of amides is 1. The van der Waals surface area contributed by atoms with Crippen LogP contribution in [0.25, 0.3) is 11.1 Å². The second-order valence-corrected chi connectivity index (χ2v) is 11.8. The van der Waals surface area contributed by atoms with Crippen LogP contribution in [-0.2, 0) is 27.4 Å². The topological polar surface area (TPSA) is 79.5 Å². The number of aryl methyl sites for hydroxylation is 1. The van der Waals surface area contributed by atoms with Crippen molar-refractivity contribution >= 4 is 23.2 Å². The highest BCUT2D eigenvalue weighted by Crippen LogP contribution is 2.42. The molecule has 13 heteroatoms. The van der Waals surface area contributed by atoms with Crippen LogP contribution in [0.15, 0.2) is 48.7 Å². The Morgan fingerprint density at radius 2 is 1.53 bits per heavy atom. The summed E-state index contributed by atoms with van der Waals surface area (Å²) in [6, 6.07) is 5.65. The number of pyridine rings is 1. The number of nitrogens with two attached hydrogens (primary N) is 1. The van der Waals surface area contributed by atoms with E-state index < -0.39 is 52.2 Å². The fourth-order valence-electron chi connectivity index (χ4n) is 5.70. The number of carbonyl (C=O) groups excluding carboxylic acids is 2. The summed E-state index contributed by atoms with van der Waals surface area (Å²) in [5, 5.41) is 0. The minimum absolute atomic E-state index is 0.00938. The first kappa shape index (κ1) is 33.9. The van der Waals surface area contributed by atoms with Gasteiger partial charge in [-0.3, -0.25) is 9.59 Å². The number of ketones is 1. The molecule has 0 spiro atoms. The van der Waals surface area contributed by atoms with Gasteiger partial charge in [0.15, 0.2) is 0 Å². The van der Waals surface area contributed by atoms with E-state index in [-0.39, 0.29) is 23.6 Å². The van der Waals surface area contributed by atoms with Crippen molar-refractivity contribution in [3.05, 3.63) is 76.7 Å². The smallest absolute Gasteiger partial charge is 0.352 e. The molecule has 3 aromatic rings. The molecule has 2 N–H and O–H groups in total. The molecule has 242 valence electrons. The van der Waals surface area contributed by atoms with Crippen LogP contribution in [-0.4, -0.2) is 42.4 Å². The number of carbonyl (C=O) groups is 2. The maximum Gasteiger partial charge on any atom is 0.416 e. The van der Waals surface area contributed by atoms with Gasteiger partial charge in [-0.15, -0.1) is 0 Å². The first-order valence-electron chi connectivity index (χ1n) is 14.1. The lowest BCUT2D eigenvalue weighted by Gasteiger charge is -2.33. The third kappa shape index (κ3) is 6.82. The predicted molar refractivity (Wildman–Crippen MR) is 156 cm³/mol. The Balaban J connectivity index is 1.84. The number of hydrogen-bond donors (Lipinski definition) is 1. The summed E-state index contributed by atoms with van der Waals surface area (Å²) < 4.78 is 95.8. The SMILES string of the molecule is CC(=O)C(N)C1CCCN1c1cc(-c2ccc(F)cc2C)c(N(C)C(=O)C(C)(C)c2cc(C(F)(F)F)cc(C(F)(F)F)c2)cn1. The Hall–Kier alpha value is -4.00. The van der Waals surface area contributed by atoms with Crippen LogP contribution in [0.2, 0.25) is 0 Å². The van der Waals surface area contributed by atoms with Gasteiger partial charge in [-0.1, -0.05) is 6.07 Å². The molecule has 0 bridgehead atoms. The average molecular weight is 639 g/mol. The van der Waals surface area contributed by atoms with Crippen molar-refractivity contribution in [1.29, 1.82) is 0 Å². The fourth-order valence-corrected chi connectivity index (χ4v) is 5.70. The quantitative estimate of drug-likeness (QED) is 0.281. The van der Waals surface area contributed by atoms with Crippen LogP contribution >= 0.6 is 0 Å². The summed E-state index contributed by atoms with van der Waals surface area (Å²) in [7, 11) is 1.34. The van der Waals surface area contributed by atoms with E-state index in [4.69, 9.17) is 5.73 Å². The van der Waals surface area contributed by atoms with E-state index in [0.29, 0.717) is 47.6 Å². The molecule has 1 aliphatic heterocycles. The van der Waals surface area contributed by atoms with Crippen molar-refractivity contribution < 1.29 is 40.3 Å². The van der Waals surface area contributed by atoms with Gasteiger partial charge < -0.3 is 15.5 Å². The van der Waals surface area contributed by atoms with Crippen LogP contribution in [0.4, 0.5) is 42.2 Å². The van der Waals surface area contributed by atoms with Gasteiger partial charge in [0, 0.05) is 19.2 Å². The molecule has 1 aliphatic rings. The molecule has 1 fully saturated rings. The number of halogens is 7. The van der Waals surface area contributed by atoms with Gasteiger partial charge in [0.1, 0.15) is 17.4 Å². The van der Waals surface area contributed by atoms with E-state index in [1.54, 1.807) is 13.0 Å². The minimum atomic E-state index is -5.09. The van der Waals surface area contributed by atoms with Crippen molar-refractivity contribution in [3.63, 3.8) is 0 Å². The Labute approximate surface area is 256 Å². The van der Waals surface area contributed by atoms with E-state index in [0.717, 1.165) is 11.3 Å². The van der Waals surface area contributed by atoms with Crippen molar-refractivity contribution in [2.45, 2.75) is 70.4 Å². The number of rotatable bonds is 7. The van der Waals surface area contributed by atoms with Gasteiger partial charge >= 0.3 is 12.4 Å². The van der Waals surface area contributed by atoms with Crippen molar-refractivity contribution in [1.82, 2.24) is 4.98 Å². The van der Waals surface area contributed by atoms with Crippen LogP contribution < -0.4 is 15.5 Å². The number of alkyl halides is 6. The molecular weight excluding hydrogens is 605 g/mol. The molecule has 2 heterocycles. The highest BCUT2D eigenvalue weighted by Gasteiger charge is 2.41. The Morgan fingerprint density at radius 3 is 2.07 bits per heavy atom. The second kappa shape index (κ2) is 12.1. The number of benzene rings is 2. The lowest BCUT2D eigenvalue weighted by atomic mass is 9.81. The van der Waals surface area contributed by atoms with E-state index >= 15 is 0 Å². The highest BCUT2D eigenvalue weighted by atomic mass is 19.4. The standard InChI is InChI=1S/C32H33F7N4O2/c1-17-11-22(33)8-9-23(17)24-15-27(43-10-6-7-25(43)28(40)18(2)44)41-16-26(24)42(5)29(45)30(3,4)19-12-20(31(34,35)36)14-21(13-19)32(37,38)39/h8-9,11-16,25,28H,6-7,10,40H2,1-5H3. The van der Waals surface area contributed by atoms with Crippen molar-refractivity contribution in [2.75, 3.05) is 23.4 Å². The fraction of sp³-hybridized carbons (Fsp3) is 0.406. The number of nitrogens with zero attached hydrogens (tertiary/aromatic N) is 3. The van der Waals surface area contributed by atoms with Crippen LogP contribution in [0.3, 0.4) is 0 Å². The molecule has 4 rings (SSSR count). The number of anilines is 2. The molecule has 0 saturated carbocycles. The molecule has 45 heavy (non-hydrogen) atoms. The zero-order valence-electron chi connectivity index (χ0n) is 25.3. The van der Waals surface area contributed by atoms with Gasteiger partial charge in [-0.25, -0.2) is 9.37 Å². The van der Waals surface area contributed by atoms with Crippen molar-refractivity contribution in [2.24, 2.45) is 5.73 Å². The molecular formula is C32H33F7N4O2. The van der Waals surface area contributed by atoms with Gasteiger partial charge in [0.2, 0.25) is 5.91 Å². The van der Waals surface area contributed by atoms with Crippen molar-refractivity contribution in [3.8, 4) is 11.1 Å². The Bertz CT molecular complexity index is 1590. The van der Waals surface area contributed by atoms with Gasteiger partial charge in [-0.05, 0) is 93.6 Å². The Kier molecular flexibility index (Phi) is 9.09. The zero-order valence-corrected chi connectivity index (χ0v) is 25.3. The number of likely N-dealkylation sites (N-methyl/N-ethyl adjacent to an activating group) is 1. The molecule has 1 aromatic heterocycles. The molecule has 1 saturated heterocycles. The maximum absolute atomic E-state index is 14.1. The van der Waals surface area contributed by atoms with E-state index in [1.165, 1.54) is 52.2 Å². The van der Waals surface area contributed by atoms with E-state index in [1.807, 2.05) is 4.90 Å². The lowest BCUT2D eigenvalue weighted by Crippen LogP contribution is -2.48. The number of hydrogen-bond acceptors (Lipinski definition) is 5. The summed E-state index contributed by atoms with van der Waals surface area (Å²) in [6.07, 6.45) is -7.44.